The van der Waals surface area contributed by atoms with Crippen molar-refractivity contribution >= 4 is 11.9 Å². The lowest BCUT2D eigenvalue weighted by Crippen LogP contribution is -2.52. The fourth-order valence-electron chi connectivity index (χ4n) is 2.82. The number of nitrogens with one attached hydrogen (secondary N) is 1. The van der Waals surface area contributed by atoms with E-state index in [1.54, 1.807) is 0 Å². The smallest absolute Gasteiger partial charge is 0.307 e. The van der Waals surface area contributed by atoms with Gasteiger partial charge in [-0.15, -0.1) is 0 Å². The van der Waals surface area contributed by atoms with Gasteiger partial charge in [0.1, 0.15) is 6.61 Å². The van der Waals surface area contributed by atoms with E-state index in [2.05, 4.69) is 5.32 Å². The van der Waals surface area contributed by atoms with Crippen LogP contribution in [0, 0.1) is 17.3 Å². The summed E-state index contributed by atoms with van der Waals surface area (Å²) < 4.78 is 4.79. The van der Waals surface area contributed by atoms with Gasteiger partial charge in [-0.1, -0.05) is 20.8 Å². The molecule has 5 nitrogen and oxygen atoms in total. The zero-order chi connectivity index (χ0) is 13.9. The lowest BCUT2D eigenvalue weighted by atomic mass is 9.61. The third-order valence-corrected chi connectivity index (χ3v) is 4.36. The highest BCUT2D eigenvalue weighted by molar-refractivity contribution is 5.77. The summed E-state index contributed by atoms with van der Waals surface area (Å²) in [4.78, 5) is 22.8. The standard InChI is InChI=1S/C13H23NO4/c1-8-10(14-11(15)7-18-4)6-5-9(12(16)17)13(8,2)3/h8-10H,5-7H2,1-4H3,(H,14,15)(H,16,17). The van der Waals surface area contributed by atoms with E-state index in [0.29, 0.717) is 12.8 Å². The molecule has 1 saturated carbocycles. The molecule has 18 heavy (non-hydrogen) atoms. The molecule has 1 amide bonds. The highest BCUT2D eigenvalue weighted by Gasteiger charge is 2.46. The molecule has 3 unspecified atom stereocenters. The minimum Gasteiger partial charge on any atom is -0.481 e. The van der Waals surface area contributed by atoms with Crippen molar-refractivity contribution in [2.75, 3.05) is 13.7 Å². The molecule has 0 aromatic rings. The molecule has 0 spiro atoms. The summed E-state index contributed by atoms with van der Waals surface area (Å²) in [6.07, 6.45) is 1.31. The minimum atomic E-state index is -0.742. The second kappa shape index (κ2) is 5.69. The molecule has 1 aliphatic carbocycles. The summed E-state index contributed by atoms with van der Waals surface area (Å²) in [6, 6.07) is 0.0262. The van der Waals surface area contributed by atoms with Gasteiger partial charge in [-0.05, 0) is 24.2 Å². The van der Waals surface area contributed by atoms with E-state index in [0.717, 1.165) is 0 Å². The summed E-state index contributed by atoms with van der Waals surface area (Å²) in [5.74, 6) is -1.11. The minimum absolute atomic E-state index is 0.0262. The Kier molecular flexibility index (Phi) is 4.73. The number of amides is 1. The Morgan fingerprint density at radius 1 is 1.39 bits per heavy atom. The van der Waals surface area contributed by atoms with Gasteiger partial charge >= 0.3 is 5.97 Å². The second-order valence-corrected chi connectivity index (χ2v) is 5.69. The van der Waals surface area contributed by atoms with Crippen LogP contribution in [0.25, 0.3) is 0 Å². The lowest BCUT2D eigenvalue weighted by Gasteiger charge is -2.46. The highest BCUT2D eigenvalue weighted by atomic mass is 16.5. The Morgan fingerprint density at radius 2 is 2.00 bits per heavy atom. The van der Waals surface area contributed by atoms with Gasteiger partial charge in [-0.25, -0.2) is 0 Å². The molecular weight excluding hydrogens is 234 g/mol. The number of ether oxygens (including phenoxy) is 1. The van der Waals surface area contributed by atoms with Crippen LogP contribution in [0.5, 0.6) is 0 Å². The Hall–Kier alpha value is -1.10. The number of methoxy groups -OCH3 is 1. The fourth-order valence-corrected chi connectivity index (χ4v) is 2.82. The molecule has 0 radical (unpaired) electrons. The first-order valence-corrected chi connectivity index (χ1v) is 6.31. The average Bonchev–Trinajstić information content (AvgIpc) is 2.24. The maximum absolute atomic E-state index is 11.5. The van der Waals surface area contributed by atoms with Gasteiger partial charge in [-0.2, -0.15) is 0 Å². The van der Waals surface area contributed by atoms with E-state index in [-0.39, 0.29) is 35.8 Å². The van der Waals surface area contributed by atoms with Crippen LogP contribution in [0.3, 0.4) is 0 Å². The second-order valence-electron chi connectivity index (χ2n) is 5.69. The van der Waals surface area contributed by atoms with Crippen LogP contribution in [-0.4, -0.2) is 36.7 Å². The Labute approximate surface area is 108 Å². The molecule has 3 atom stereocenters. The summed E-state index contributed by atoms with van der Waals surface area (Å²) in [5.41, 5.74) is -0.324. The number of carbonyl (C=O) groups is 2. The third kappa shape index (κ3) is 3.02. The van der Waals surface area contributed by atoms with E-state index in [4.69, 9.17) is 4.74 Å². The normalized spacial score (nSPS) is 30.8. The molecule has 5 heteroatoms. The van der Waals surface area contributed by atoms with Crippen LogP contribution < -0.4 is 5.32 Å². The van der Waals surface area contributed by atoms with Crippen LogP contribution in [0.15, 0.2) is 0 Å². The molecule has 104 valence electrons. The van der Waals surface area contributed by atoms with Crippen LogP contribution in [-0.2, 0) is 14.3 Å². The van der Waals surface area contributed by atoms with Crippen molar-refractivity contribution < 1.29 is 19.4 Å². The summed E-state index contributed by atoms with van der Waals surface area (Å²) >= 11 is 0. The van der Waals surface area contributed by atoms with Crippen molar-refractivity contribution in [3.63, 3.8) is 0 Å². The molecule has 0 saturated heterocycles. The van der Waals surface area contributed by atoms with Crippen LogP contribution in [0.2, 0.25) is 0 Å². The Balaban J connectivity index is 2.72. The fraction of sp³-hybridized carbons (Fsp3) is 0.846. The third-order valence-electron chi connectivity index (χ3n) is 4.36. The van der Waals surface area contributed by atoms with Crippen LogP contribution in [0.4, 0.5) is 0 Å². The number of carbonyl (C=O) groups excluding carboxylic acids is 1. The molecule has 1 rings (SSSR count). The maximum atomic E-state index is 11.5. The van der Waals surface area contributed by atoms with E-state index in [9.17, 15) is 14.7 Å². The van der Waals surface area contributed by atoms with Gasteiger partial charge in [0.25, 0.3) is 0 Å². The molecule has 1 fully saturated rings. The quantitative estimate of drug-likeness (QED) is 0.795. The van der Waals surface area contributed by atoms with Crippen LogP contribution in [0.1, 0.15) is 33.6 Å². The molecule has 0 heterocycles. The van der Waals surface area contributed by atoms with Crippen molar-refractivity contribution in [1.82, 2.24) is 5.32 Å². The van der Waals surface area contributed by atoms with Gasteiger partial charge in [0.2, 0.25) is 5.91 Å². The Morgan fingerprint density at radius 3 is 2.50 bits per heavy atom. The number of rotatable bonds is 4. The predicted molar refractivity (Wildman–Crippen MR) is 67.1 cm³/mol. The van der Waals surface area contributed by atoms with E-state index in [1.807, 2.05) is 20.8 Å². The van der Waals surface area contributed by atoms with Crippen LogP contribution >= 0.6 is 0 Å². The Bertz CT molecular complexity index is 327. The number of carboxylic acids is 1. The van der Waals surface area contributed by atoms with E-state index in [1.165, 1.54) is 7.11 Å². The lowest BCUT2D eigenvalue weighted by molar-refractivity contribution is -0.150. The van der Waals surface area contributed by atoms with Gasteiger partial charge < -0.3 is 15.2 Å². The first kappa shape index (κ1) is 15.0. The molecule has 0 aliphatic heterocycles. The van der Waals surface area contributed by atoms with Gasteiger partial charge in [0.15, 0.2) is 0 Å². The summed E-state index contributed by atoms with van der Waals surface area (Å²) in [6.45, 7) is 5.98. The van der Waals surface area contributed by atoms with E-state index >= 15 is 0 Å². The van der Waals surface area contributed by atoms with E-state index < -0.39 is 5.97 Å². The molecule has 0 aromatic carbocycles. The molecule has 0 bridgehead atoms. The number of hydrogen-bond acceptors (Lipinski definition) is 3. The zero-order valence-electron chi connectivity index (χ0n) is 11.5. The number of aliphatic carboxylic acids is 1. The number of carboxylic acid groups (broad SMARTS) is 1. The SMILES string of the molecule is COCC(=O)NC1CCC(C(=O)O)C(C)(C)C1C. The molecule has 0 aromatic heterocycles. The topological polar surface area (TPSA) is 75.6 Å². The van der Waals surface area contributed by atoms with Gasteiger partial charge in [0, 0.05) is 13.2 Å². The van der Waals surface area contributed by atoms with Gasteiger partial charge in [-0.3, -0.25) is 9.59 Å². The molecule has 1 aliphatic rings. The largest absolute Gasteiger partial charge is 0.481 e. The van der Waals surface area contributed by atoms with Crippen molar-refractivity contribution in [3.8, 4) is 0 Å². The summed E-state index contributed by atoms with van der Waals surface area (Å²) in [5, 5.41) is 12.2. The van der Waals surface area contributed by atoms with Crippen molar-refractivity contribution in [2.45, 2.75) is 39.7 Å². The molecule has 2 N–H and O–H groups in total. The van der Waals surface area contributed by atoms with Gasteiger partial charge in [0.05, 0.1) is 5.92 Å². The number of hydrogen-bond donors (Lipinski definition) is 2. The molecular formula is C13H23NO4. The monoisotopic (exact) mass is 257 g/mol. The summed E-state index contributed by atoms with van der Waals surface area (Å²) in [7, 11) is 1.48. The first-order valence-electron chi connectivity index (χ1n) is 6.31. The van der Waals surface area contributed by atoms with Crippen molar-refractivity contribution in [3.05, 3.63) is 0 Å². The first-order chi connectivity index (χ1) is 8.30. The zero-order valence-corrected chi connectivity index (χ0v) is 11.5. The maximum Gasteiger partial charge on any atom is 0.307 e. The van der Waals surface area contributed by atoms with Crippen molar-refractivity contribution in [1.29, 1.82) is 0 Å². The van der Waals surface area contributed by atoms with Crippen molar-refractivity contribution in [2.24, 2.45) is 17.3 Å². The average molecular weight is 257 g/mol. The highest BCUT2D eigenvalue weighted by Crippen LogP contribution is 2.44. The predicted octanol–water partition coefficient (Wildman–Crippen LogP) is 1.27.